The minimum Gasteiger partial charge on any atom is -0.310 e. The van der Waals surface area contributed by atoms with Gasteiger partial charge in [-0.2, -0.15) is 0 Å². The van der Waals surface area contributed by atoms with Gasteiger partial charge >= 0.3 is 0 Å². The minimum absolute atomic E-state index is 1.18. The largest absolute Gasteiger partial charge is 0.310 e. The molecule has 3 aromatic carbocycles. The van der Waals surface area contributed by atoms with E-state index in [0.29, 0.717) is 0 Å². The van der Waals surface area contributed by atoms with Gasteiger partial charge in [-0.1, -0.05) is 24.3 Å². The molecule has 0 heterocycles. The summed E-state index contributed by atoms with van der Waals surface area (Å²) in [7, 11) is 0. The lowest BCUT2D eigenvalue weighted by atomic mass is 10.1. The number of rotatable bonds is 3. The lowest BCUT2D eigenvalue weighted by molar-refractivity contribution is 1.26. The fourth-order valence-corrected chi connectivity index (χ4v) is 2.93. The Kier molecular flexibility index (Phi) is 4.48. The SMILES string of the molecule is Cc1cccc(N(c2ccc(I)cc2)c2cccc(C)c2)c1. The summed E-state index contributed by atoms with van der Waals surface area (Å²) >= 11 is 2.34. The molecule has 0 unspecified atom stereocenters. The molecule has 0 aliphatic rings. The zero-order chi connectivity index (χ0) is 15.5. The summed E-state index contributed by atoms with van der Waals surface area (Å²) in [6.45, 7) is 4.26. The number of halogens is 1. The van der Waals surface area contributed by atoms with Gasteiger partial charge in [0.1, 0.15) is 0 Å². The Morgan fingerprint density at radius 1 is 0.636 bits per heavy atom. The highest BCUT2D eigenvalue weighted by molar-refractivity contribution is 14.1. The van der Waals surface area contributed by atoms with Gasteiger partial charge in [-0.3, -0.25) is 0 Å². The maximum Gasteiger partial charge on any atom is 0.0464 e. The molecule has 0 amide bonds. The van der Waals surface area contributed by atoms with Gasteiger partial charge in [-0.05, 0) is 96.1 Å². The average Bonchev–Trinajstić information content (AvgIpc) is 2.50. The summed E-state index contributed by atoms with van der Waals surface area (Å²) in [6.07, 6.45) is 0. The van der Waals surface area contributed by atoms with Crippen LogP contribution in [-0.2, 0) is 0 Å². The smallest absolute Gasteiger partial charge is 0.0464 e. The molecule has 1 nitrogen and oxygen atoms in total. The van der Waals surface area contributed by atoms with Crippen molar-refractivity contribution in [3.63, 3.8) is 0 Å². The summed E-state index contributed by atoms with van der Waals surface area (Å²) < 4.78 is 1.25. The van der Waals surface area contributed by atoms with Crippen LogP contribution in [0.3, 0.4) is 0 Å². The molecule has 0 bridgehead atoms. The second kappa shape index (κ2) is 6.53. The van der Waals surface area contributed by atoms with Crippen LogP contribution in [0.1, 0.15) is 11.1 Å². The van der Waals surface area contributed by atoms with Crippen molar-refractivity contribution in [1.29, 1.82) is 0 Å². The van der Waals surface area contributed by atoms with Gasteiger partial charge < -0.3 is 4.90 Å². The molecule has 3 aromatic rings. The number of anilines is 3. The van der Waals surface area contributed by atoms with Gasteiger partial charge in [0.2, 0.25) is 0 Å². The molecule has 0 saturated carbocycles. The molecule has 2 heteroatoms. The van der Waals surface area contributed by atoms with Gasteiger partial charge in [0.25, 0.3) is 0 Å². The van der Waals surface area contributed by atoms with Gasteiger partial charge in [0.15, 0.2) is 0 Å². The van der Waals surface area contributed by atoms with Gasteiger partial charge in [0, 0.05) is 20.6 Å². The summed E-state index contributed by atoms with van der Waals surface area (Å²) in [5.74, 6) is 0. The molecule has 0 atom stereocenters. The molecule has 0 N–H and O–H groups in total. The van der Waals surface area contributed by atoms with Crippen LogP contribution in [0.2, 0.25) is 0 Å². The van der Waals surface area contributed by atoms with E-state index in [1.165, 1.54) is 31.8 Å². The predicted molar refractivity (Wildman–Crippen MR) is 103 cm³/mol. The number of aryl methyl sites for hydroxylation is 2. The van der Waals surface area contributed by atoms with Crippen LogP contribution < -0.4 is 4.90 Å². The Bertz CT molecular complexity index is 732. The van der Waals surface area contributed by atoms with Crippen LogP contribution in [0.15, 0.2) is 72.8 Å². The number of benzene rings is 3. The number of hydrogen-bond acceptors (Lipinski definition) is 1. The third-order valence-corrected chi connectivity index (χ3v) is 4.32. The topological polar surface area (TPSA) is 3.24 Å². The van der Waals surface area contributed by atoms with Crippen molar-refractivity contribution in [2.75, 3.05) is 4.90 Å². The molecule has 0 fully saturated rings. The Labute approximate surface area is 145 Å². The third-order valence-electron chi connectivity index (χ3n) is 3.60. The molecule has 0 radical (unpaired) electrons. The van der Waals surface area contributed by atoms with Gasteiger partial charge in [-0.15, -0.1) is 0 Å². The van der Waals surface area contributed by atoms with E-state index in [1.54, 1.807) is 0 Å². The Morgan fingerprint density at radius 2 is 1.14 bits per heavy atom. The van der Waals surface area contributed by atoms with Crippen molar-refractivity contribution in [3.8, 4) is 0 Å². The maximum absolute atomic E-state index is 2.34. The molecule has 0 spiro atoms. The molecule has 22 heavy (non-hydrogen) atoms. The van der Waals surface area contributed by atoms with Gasteiger partial charge in [-0.25, -0.2) is 0 Å². The fraction of sp³-hybridized carbons (Fsp3) is 0.100. The highest BCUT2D eigenvalue weighted by Gasteiger charge is 2.12. The molecule has 0 saturated heterocycles. The van der Waals surface area contributed by atoms with Crippen LogP contribution in [0, 0.1) is 17.4 Å². The average molecular weight is 399 g/mol. The summed E-state index contributed by atoms with van der Waals surface area (Å²) in [6, 6.07) is 25.9. The molecular weight excluding hydrogens is 381 g/mol. The molecule has 0 aliphatic heterocycles. The molecule has 110 valence electrons. The first-order valence-electron chi connectivity index (χ1n) is 7.32. The molecule has 0 aromatic heterocycles. The van der Waals surface area contributed by atoms with E-state index in [-0.39, 0.29) is 0 Å². The van der Waals surface area contributed by atoms with Crippen molar-refractivity contribution in [2.24, 2.45) is 0 Å². The second-order valence-electron chi connectivity index (χ2n) is 5.49. The Balaban J connectivity index is 2.15. The van der Waals surface area contributed by atoms with Crippen LogP contribution in [0.4, 0.5) is 17.1 Å². The molecule has 3 rings (SSSR count). The zero-order valence-corrected chi connectivity index (χ0v) is 14.9. The van der Waals surface area contributed by atoms with E-state index in [1.807, 2.05) is 0 Å². The van der Waals surface area contributed by atoms with Crippen molar-refractivity contribution in [3.05, 3.63) is 87.5 Å². The third kappa shape index (κ3) is 3.33. The van der Waals surface area contributed by atoms with Crippen molar-refractivity contribution in [2.45, 2.75) is 13.8 Å². The first kappa shape index (κ1) is 15.1. The summed E-state index contributed by atoms with van der Waals surface area (Å²) in [5.41, 5.74) is 6.08. The first-order chi connectivity index (χ1) is 10.6. The number of nitrogens with zero attached hydrogens (tertiary/aromatic N) is 1. The summed E-state index contributed by atoms with van der Waals surface area (Å²) in [4.78, 5) is 2.30. The zero-order valence-electron chi connectivity index (χ0n) is 12.8. The summed E-state index contributed by atoms with van der Waals surface area (Å²) in [5, 5.41) is 0. The Morgan fingerprint density at radius 3 is 1.59 bits per heavy atom. The number of hydrogen-bond donors (Lipinski definition) is 0. The maximum atomic E-state index is 2.34. The normalized spacial score (nSPS) is 10.5. The molecular formula is C20H18IN. The lowest BCUT2D eigenvalue weighted by Gasteiger charge is -2.26. The highest BCUT2D eigenvalue weighted by atomic mass is 127. The van der Waals surface area contributed by atoms with Crippen LogP contribution in [0.25, 0.3) is 0 Å². The van der Waals surface area contributed by atoms with Crippen molar-refractivity contribution in [1.82, 2.24) is 0 Å². The van der Waals surface area contributed by atoms with E-state index >= 15 is 0 Å². The van der Waals surface area contributed by atoms with E-state index < -0.39 is 0 Å². The first-order valence-corrected chi connectivity index (χ1v) is 8.40. The van der Waals surface area contributed by atoms with E-state index in [2.05, 4.69) is 114 Å². The van der Waals surface area contributed by atoms with E-state index in [0.717, 1.165) is 0 Å². The lowest BCUT2D eigenvalue weighted by Crippen LogP contribution is -2.10. The van der Waals surface area contributed by atoms with E-state index in [4.69, 9.17) is 0 Å². The van der Waals surface area contributed by atoms with Crippen LogP contribution in [-0.4, -0.2) is 0 Å². The monoisotopic (exact) mass is 399 g/mol. The Hall–Kier alpha value is -1.81. The standard InChI is InChI=1S/C20H18IN/c1-15-5-3-7-19(13-15)22(18-11-9-17(21)10-12-18)20-8-4-6-16(2)14-20/h3-14H,1-2H3. The van der Waals surface area contributed by atoms with Crippen LogP contribution >= 0.6 is 22.6 Å². The van der Waals surface area contributed by atoms with Gasteiger partial charge in [0.05, 0.1) is 0 Å². The van der Waals surface area contributed by atoms with Crippen LogP contribution in [0.5, 0.6) is 0 Å². The molecule has 0 aliphatic carbocycles. The second-order valence-corrected chi connectivity index (χ2v) is 6.74. The fourth-order valence-electron chi connectivity index (χ4n) is 2.57. The van der Waals surface area contributed by atoms with Crippen molar-refractivity contribution >= 4 is 39.7 Å². The minimum atomic E-state index is 1.18. The predicted octanol–water partition coefficient (Wildman–Crippen LogP) is 6.38. The highest BCUT2D eigenvalue weighted by Crippen LogP contribution is 2.35. The van der Waals surface area contributed by atoms with Crippen molar-refractivity contribution < 1.29 is 0 Å². The van der Waals surface area contributed by atoms with E-state index in [9.17, 15) is 0 Å². The quantitative estimate of drug-likeness (QED) is 0.462.